The second-order valence-corrected chi connectivity index (χ2v) is 9.43. The Labute approximate surface area is 169 Å². The molecule has 0 saturated carbocycles. The highest BCUT2D eigenvalue weighted by atomic mass is 35.5. The van der Waals surface area contributed by atoms with Crippen LogP contribution in [0.4, 0.5) is 0 Å². The zero-order chi connectivity index (χ0) is 19.2. The van der Waals surface area contributed by atoms with Crippen LogP contribution >= 0.6 is 23.2 Å². The Bertz CT molecular complexity index is 958. The van der Waals surface area contributed by atoms with Gasteiger partial charge in [-0.25, -0.2) is 13.6 Å². The molecule has 0 radical (unpaired) electrons. The number of hydrogen-bond acceptors (Lipinski definition) is 4. The summed E-state index contributed by atoms with van der Waals surface area (Å²) in [5.74, 6) is 0.584. The second kappa shape index (κ2) is 7.26. The molecule has 1 saturated heterocycles. The van der Waals surface area contributed by atoms with E-state index in [1.165, 1.54) is 25.0 Å². The fraction of sp³-hybridized carbons (Fsp3) is 0.368. The average molecular weight is 427 g/mol. The Morgan fingerprint density at radius 2 is 1.74 bits per heavy atom. The number of nitrogens with two attached hydrogens (primary N) is 1. The molecule has 2 N–H and O–H groups in total. The van der Waals surface area contributed by atoms with E-state index in [4.69, 9.17) is 33.1 Å². The summed E-state index contributed by atoms with van der Waals surface area (Å²) in [7, 11) is -3.73. The second-order valence-electron chi connectivity index (χ2n) is 7.02. The Kier molecular flexibility index (Phi) is 5.12. The van der Waals surface area contributed by atoms with Crippen molar-refractivity contribution in [3.63, 3.8) is 0 Å². The molecule has 1 heterocycles. The van der Waals surface area contributed by atoms with Crippen molar-refractivity contribution in [1.29, 1.82) is 0 Å². The first-order valence-corrected chi connectivity index (χ1v) is 11.1. The van der Waals surface area contributed by atoms with E-state index in [0.29, 0.717) is 15.8 Å². The summed E-state index contributed by atoms with van der Waals surface area (Å²) in [6, 6.07) is 10.0. The summed E-state index contributed by atoms with van der Waals surface area (Å²) in [5.41, 5.74) is 2.07. The van der Waals surface area contributed by atoms with Gasteiger partial charge in [0.05, 0.1) is 10.9 Å². The van der Waals surface area contributed by atoms with Crippen LogP contribution in [-0.2, 0) is 16.4 Å². The minimum absolute atomic E-state index is 0.0591. The van der Waals surface area contributed by atoms with Gasteiger partial charge >= 0.3 is 0 Å². The van der Waals surface area contributed by atoms with Gasteiger partial charge in [0.25, 0.3) is 0 Å². The highest BCUT2D eigenvalue weighted by molar-refractivity contribution is 7.89. The van der Waals surface area contributed by atoms with Gasteiger partial charge in [-0.05, 0) is 74.3 Å². The summed E-state index contributed by atoms with van der Waals surface area (Å²) in [5, 5.41) is 6.41. The van der Waals surface area contributed by atoms with Gasteiger partial charge in [-0.3, -0.25) is 4.90 Å². The van der Waals surface area contributed by atoms with E-state index in [1.54, 1.807) is 18.2 Å². The smallest absolute Gasteiger partial charge is 0.238 e. The van der Waals surface area contributed by atoms with Gasteiger partial charge in [0.1, 0.15) is 11.9 Å². The van der Waals surface area contributed by atoms with Crippen molar-refractivity contribution in [2.24, 2.45) is 5.14 Å². The standard InChI is InChI=1S/C19H20Cl2N2O3S/c20-12-9-16-15(17(21)10-12)11-18(23-7-1-2-8-23)19(16)26-13-3-5-14(6-4-13)27(22,24)25/h3-6,9-10,18-19H,1-2,7-8,11H2,(H2,22,24,25)/t18-,19-/m0/s1. The Balaban J connectivity index is 1.67. The van der Waals surface area contributed by atoms with E-state index in [9.17, 15) is 8.42 Å². The van der Waals surface area contributed by atoms with Crippen LogP contribution in [0.2, 0.25) is 10.0 Å². The van der Waals surface area contributed by atoms with Crippen LogP contribution in [0, 0.1) is 0 Å². The SMILES string of the molecule is NS(=O)(=O)c1ccc(O[C@H]2c3cc(Cl)cc(Cl)c3C[C@@H]2N2CCCC2)cc1. The minimum atomic E-state index is -3.73. The van der Waals surface area contributed by atoms with Crippen LogP contribution in [-0.4, -0.2) is 32.4 Å². The molecule has 144 valence electrons. The van der Waals surface area contributed by atoms with Crippen molar-refractivity contribution in [1.82, 2.24) is 4.90 Å². The Hall–Kier alpha value is -1.31. The van der Waals surface area contributed by atoms with Gasteiger partial charge in [-0.1, -0.05) is 23.2 Å². The predicted molar refractivity (Wildman–Crippen MR) is 106 cm³/mol. The fourth-order valence-corrected chi connectivity index (χ4v) is 5.11. The lowest BCUT2D eigenvalue weighted by molar-refractivity contribution is 0.0941. The minimum Gasteiger partial charge on any atom is -0.484 e. The van der Waals surface area contributed by atoms with E-state index in [2.05, 4.69) is 4.90 Å². The topological polar surface area (TPSA) is 72.6 Å². The van der Waals surface area contributed by atoms with Crippen molar-refractivity contribution in [3.05, 3.63) is 57.6 Å². The molecule has 4 rings (SSSR count). The molecule has 1 aliphatic heterocycles. The van der Waals surface area contributed by atoms with E-state index in [0.717, 1.165) is 30.6 Å². The highest BCUT2D eigenvalue weighted by Gasteiger charge is 2.40. The molecular formula is C19H20Cl2N2O3S. The summed E-state index contributed by atoms with van der Waals surface area (Å²) in [4.78, 5) is 2.50. The number of halogens is 2. The monoisotopic (exact) mass is 426 g/mol. The van der Waals surface area contributed by atoms with Gasteiger partial charge in [-0.15, -0.1) is 0 Å². The summed E-state index contributed by atoms with van der Waals surface area (Å²) >= 11 is 12.7. The third kappa shape index (κ3) is 3.82. The first-order chi connectivity index (χ1) is 12.8. The molecule has 1 aliphatic carbocycles. The molecular weight excluding hydrogens is 407 g/mol. The summed E-state index contributed by atoms with van der Waals surface area (Å²) in [6.45, 7) is 2.07. The van der Waals surface area contributed by atoms with Crippen LogP contribution < -0.4 is 9.88 Å². The van der Waals surface area contributed by atoms with Gasteiger partial charge in [0.2, 0.25) is 10.0 Å². The molecule has 27 heavy (non-hydrogen) atoms. The highest BCUT2D eigenvalue weighted by Crippen LogP contribution is 2.43. The van der Waals surface area contributed by atoms with Crippen LogP contribution in [0.3, 0.4) is 0 Å². The van der Waals surface area contributed by atoms with Gasteiger partial charge in [0, 0.05) is 15.6 Å². The molecule has 2 aromatic carbocycles. The van der Waals surface area contributed by atoms with Gasteiger partial charge < -0.3 is 4.74 Å². The first kappa shape index (κ1) is 19.0. The summed E-state index contributed by atoms with van der Waals surface area (Å²) < 4.78 is 29.2. The number of rotatable bonds is 4. The number of likely N-dealkylation sites (tertiary alicyclic amines) is 1. The first-order valence-electron chi connectivity index (χ1n) is 8.84. The van der Waals surface area contributed by atoms with Crippen molar-refractivity contribution < 1.29 is 13.2 Å². The molecule has 0 bridgehead atoms. The Morgan fingerprint density at radius 1 is 1.07 bits per heavy atom. The molecule has 1 fully saturated rings. The van der Waals surface area contributed by atoms with Crippen LogP contribution in [0.25, 0.3) is 0 Å². The number of nitrogens with zero attached hydrogens (tertiary/aromatic N) is 1. The van der Waals surface area contributed by atoms with E-state index in [-0.39, 0.29) is 17.0 Å². The number of fused-ring (bicyclic) bond motifs is 1. The van der Waals surface area contributed by atoms with Crippen LogP contribution in [0.1, 0.15) is 30.1 Å². The molecule has 2 atom stereocenters. The maximum absolute atomic E-state index is 11.5. The molecule has 0 spiro atoms. The molecule has 0 unspecified atom stereocenters. The molecule has 0 amide bonds. The molecule has 2 aromatic rings. The maximum Gasteiger partial charge on any atom is 0.238 e. The zero-order valence-electron chi connectivity index (χ0n) is 14.6. The van der Waals surface area contributed by atoms with Crippen LogP contribution in [0.5, 0.6) is 5.75 Å². The van der Waals surface area contributed by atoms with E-state index >= 15 is 0 Å². The number of sulfonamides is 1. The number of ether oxygens (including phenoxy) is 1. The lowest BCUT2D eigenvalue weighted by Gasteiger charge is -2.30. The van der Waals surface area contributed by atoms with Crippen molar-refractivity contribution in [2.75, 3.05) is 13.1 Å². The molecule has 5 nitrogen and oxygen atoms in total. The predicted octanol–water partition coefficient (Wildman–Crippen LogP) is 3.78. The molecule has 2 aliphatic rings. The van der Waals surface area contributed by atoms with Crippen molar-refractivity contribution in [3.8, 4) is 5.75 Å². The van der Waals surface area contributed by atoms with Gasteiger partial charge in [0.15, 0.2) is 0 Å². The normalized spacial score (nSPS) is 22.8. The number of hydrogen-bond donors (Lipinski definition) is 1. The largest absolute Gasteiger partial charge is 0.484 e. The third-order valence-electron chi connectivity index (χ3n) is 5.29. The lowest BCUT2D eigenvalue weighted by Crippen LogP contribution is -2.38. The quantitative estimate of drug-likeness (QED) is 0.806. The van der Waals surface area contributed by atoms with E-state index in [1.807, 2.05) is 6.07 Å². The van der Waals surface area contributed by atoms with Crippen molar-refractivity contribution >= 4 is 33.2 Å². The van der Waals surface area contributed by atoms with E-state index < -0.39 is 10.0 Å². The number of primary sulfonamides is 1. The molecule has 0 aromatic heterocycles. The maximum atomic E-state index is 11.5. The third-order valence-corrected chi connectivity index (χ3v) is 6.77. The fourth-order valence-electron chi connectivity index (χ4n) is 4.01. The zero-order valence-corrected chi connectivity index (χ0v) is 16.9. The average Bonchev–Trinajstić information content (AvgIpc) is 3.23. The molecule has 8 heteroatoms. The van der Waals surface area contributed by atoms with Crippen molar-refractivity contribution in [2.45, 2.75) is 36.3 Å². The summed E-state index contributed by atoms with van der Waals surface area (Å²) in [6.07, 6.45) is 2.95. The lowest BCUT2D eigenvalue weighted by atomic mass is 10.1. The Morgan fingerprint density at radius 3 is 2.37 bits per heavy atom. The van der Waals surface area contributed by atoms with Gasteiger partial charge in [-0.2, -0.15) is 0 Å². The number of benzene rings is 2. The van der Waals surface area contributed by atoms with Crippen LogP contribution in [0.15, 0.2) is 41.3 Å².